The number of likely N-dealkylation sites (tertiary alicyclic amines) is 1. The van der Waals surface area contributed by atoms with Crippen molar-refractivity contribution in [3.05, 3.63) is 42.2 Å². The highest BCUT2D eigenvalue weighted by atomic mass is 16.5. The molecule has 2 saturated heterocycles. The van der Waals surface area contributed by atoms with Crippen LogP contribution in [0, 0.1) is 5.92 Å². The number of aliphatic imine (C=N–C) groups is 1. The summed E-state index contributed by atoms with van der Waals surface area (Å²) in [7, 11) is 1.86. The second-order valence-corrected chi connectivity index (χ2v) is 11.4. The summed E-state index contributed by atoms with van der Waals surface area (Å²) in [6, 6.07) is 5.00. The lowest BCUT2D eigenvalue weighted by Crippen LogP contribution is -2.53. The van der Waals surface area contributed by atoms with Crippen molar-refractivity contribution in [3.63, 3.8) is 0 Å². The van der Waals surface area contributed by atoms with E-state index in [1.54, 1.807) is 0 Å². The predicted octanol–water partition coefficient (Wildman–Crippen LogP) is 3.44. The molecule has 3 aliphatic rings. The number of carbonyl (C=O) groups excluding carboxylic acids is 1. The summed E-state index contributed by atoms with van der Waals surface area (Å²) < 4.78 is 8.11. The number of anilines is 1. The van der Waals surface area contributed by atoms with Gasteiger partial charge in [-0.05, 0) is 58.7 Å². The Morgan fingerprint density at radius 2 is 1.84 bits per heavy atom. The number of hydrogen-bond donors (Lipinski definition) is 1. The Balaban J connectivity index is 1.27. The van der Waals surface area contributed by atoms with Gasteiger partial charge in [-0.2, -0.15) is 5.10 Å². The van der Waals surface area contributed by atoms with Gasteiger partial charge in [0.2, 0.25) is 0 Å². The van der Waals surface area contributed by atoms with Gasteiger partial charge in [-0.1, -0.05) is 6.08 Å². The number of rotatable bonds is 6. The molecule has 2 fully saturated rings. The zero-order valence-electron chi connectivity index (χ0n) is 23.6. The Labute approximate surface area is 226 Å². The number of fused-ring (bicyclic) bond motifs is 1. The van der Waals surface area contributed by atoms with Crippen LogP contribution in [-0.2, 0) is 4.74 Å². The average molecular weight is 522 g/mol. The van der Waals surface area contributed by atoms with Crippen molar-refractivity contribution in [1.29, 1.82) is 0 Å². The highest BCUT2D eigenvalue weighted by Crippen LogP contribution is 2.36. The Bertz CT molecular complexity index is 1180. The van der Waals surface area contributed by atoms with Crippen molar-refractivity contribution in [2.24, 2.45) is 10.9 Å². The fourth-order valence-electron chi connectivity index (χ4n) is 6.09. The molecule has 0 spiro atoms. The number of nitrogens with one attached hydrogen (secondary N) is 1. The van der Waals surface area contributed by atoms with Crippen molar-refractivity contribution in [2.45, 2.75) is 58.2 Å². The third-order valence-electron chi connectivity index (χ3n) is 8.50. The SMILES string of the molecule is COC1(C2C=CC(c3cc4c(N5CCN(C(=O)NC(C)C)CC5)ccnn4c3)=NC2)CCN(C(C)C)CC1. The first-order chi connectivity index (χ1) is 18.3. The van der Waals surface area contributed by atoms with Crippen LogP contribution in [0.1, 0.15) is 46.1 Å². The molecule has 1 atom stereocenters. The molecular weight excluding hydrogens is 478 g/mol. The van der Waals surface area contributed by atoms with E-state index < -0.39 is 0 Å². The lowest BCUT2D eigenvalue weighted by atomic mass is 9.77. The lowest BCUT2D eigenvalue weighted by molar-refractivity contribution is -0.0870. The molecule has 1 N–H and O–H groups in total. The van der Waals surface area contributed by atoms with E-state index in [-0.39, 0.29) is 17.7 Å². The number of amides is 2. The normalized spacial score (nSPS) is 22.4. The van der Waals surface area contributed by atoms with E-state index in [0.29, 0.717) is 25.0 Å². The second kappa shape index (κ2) is 11.1. The van der Waals surface area contributed by atoms with Crippen LogP contribution in [-0.4, -0.2) is 102 Å². The molecule has 3 aliphatic heterocycles. The maximum absolute atomic E-state index is 12.4. The number of piperazine rings is 1. The van der Waals surface area contributed by atoms with Crippen LogP contribution in [0.2, 0.25) is 0 Å². The van der Waals surface area contributed by atoms with Gasteiger partial charge in [0, 0.05) is 88.9 Å². The summed E-state index contributed by atoms with van der Waals surface area (Å²) in [5.74, 6) is 0.292. The maximum atomic E-state index is 12.4. The Hall–Kier alpha value is -2.91. The monoisotopic (exact) mass is 521 g/mol. The number of piperidine rings is 1. The molecular formula is C29H43N7O2. The average Bonchev–Trinajstić information content (AvgIpc) is 3.37. The number of urea groups is 1. The molecule has 5 rings (SSSR count). The number of aromatic nitrogens is 2. The highest BCUT2D eigenvalue weighted by molar-refractivity contribution is 6.10. The van der Waals surface area contributed by atoms with E-state index in [0.717, 1.165) is 68.0 Å². The van der Waals surface area contributed by atoms with Gasteiger partial charge >= 0.3 is 6.03 Å². The minimum atomic E-state index is -0.134. The van der Waals surface area contributed by atoms with Gasteiger partial charge in [0.1, 0.15) is 0 Å². The molecule has 1 unspecified atom stereocenters. The molecule has 9 nitrogen and oxygen atoms in total. The van der Waals surface area contributed by atoms with Gasteiger partial charge in [0.15, 0.2) is 0 Å². The molecule has 2 amide bonds. The molecule has 38 heavy (non-hydrogen) atoms. The number of ether oxygens (including phenoxy) is 1. The quantitative estimate of drug-likeness (QED) is 0.630. The van der Waals surface area contributed by atoms with E-state index in [9.17, 15) is 4.79 Å². The van der Waals surface area contributed by atoms with E-state index in [4.69, 9.17) is 9.73 Å². The van der Waals surface area contributed by atoms with Crippen molar-refractivity contribution in [1.82, 2.24) is 24.7 Å². The molecule has 206 valence electrons. The van der Waals surface area contributed by atoms with Crippen LogP contribution >= 0.6 is 0 Å². The van der Waals surface area contributed by atoms with Crippen molar-refractivity contribution >= 4 is 22.9 Å². The van der Waals surface area contributed by atoms with Crippen molar-refractivity contribution < 1.29 is 9.53 Å². The third-order valence-corrected chi connectivity index (χ3v) is 8.50. The van der Waals surface area contributed by atoms with Crippen LogP contribution < -0.4 is 10.2 Å². The Morgan fingerprint density at radius 3 is 2.45 bits per heavy atom. The topological polar surface area (TPSA) is 77.7 Å². The van der Waals surface area contributed by atoms with Crippen LogP contribution in [0.15, 0.2) is 41.7 Å². The second-order valence-electron chi connectivity index (χ2n) is 11.4. The van der Waals surface area contributed by atoms with Gasteiger partial charge in [0.05, 0.1) is 22.5 Å². The smallest absolute Gasteiger partial charge is 0.317 e. The summed E-state index contributed by atoms with van der Waals surface area (Å²) in [5.41, 5.74) is 4.15. The third kappa shape index (κ3) is 5.31. The number of nitrogens with zero attached hydrogens (tertiary/aromatic N) is 6. The Kier molecular flexibility index (Phi) is 7.77. The number of carbonyl (C=O) groups is 1. The van der Waals surface area contributed by atoms with Crippen LogP contribution in [0.4, 0.5) is 10.5 Å². The van der Waals surface area contributed by atoms with E-state index in [1.165, 1.54) is 0 Å². The van der Waals surface area contributed by atoms with Gasteiger partial charge in [0.25, 0.3) is 0 Å². The molecule has 2 aromatic heterocycles. The van der Waals surface area contributed by atoms with Gasteiger partial charge in [-0.25, -0.2) is 9.31 Å². The summed E-state index contributed by atoms with van der Waals surface area (Å²) >= 11 is 0. The van der Waals surface area contributed by atoms with E-state index in [1.807, 2.05) is 36.6 Å². The minimum absolute atomic E-state index is 0.0191. The number of methoxy groups -OCH3 is 1. The maximum Gasteiger partial charge on any atom is 0.317 e. The highest BCUT2D eigenvalue weighted by Gasteiger charge is 2.41. The molecule has 0 aromatic carbocycles. The number of allylic oxidation sites excluding steroid dienone is 1. The fraction of sp³-hybridized carbons (Fsp3) is 0.621. The summed E-state index contributed by atoms with van der Waals surface area (Å²) in [6.07, 6.45) is 10.5. The largest absolute Gasteiger partial charge is 0.377 e. The molecule has 0 aliphatic carbocycles. The molecule has 5 heterocycles. The zero-order valence-corrected chi connectivity index (χ0v) is 23.6. The molecule has 0 bridgehead atoms. The molecule has 9 heteroatoms. The first kappa shape index (κ1) is 26.7. The summed E-state index contributed by atoms with van der Waals surface area (Å²) in [6.45, 7) is 14.4. The molecule has 0 radical (unpaired) electrons. The lowest BCUT2D eigenvalue weighted by Gasteiger charge is -2.46. The zero-order chi connectivity index (χ0) is 26.9. The number of dihydropyridines is 1. The summed E-state index contributed by atoms with van der Waals surface area (Å²) in [4.78, 5) is 24.2. The van der Waals surface area contributed by atoms with Crippen molar-refractivity contribution in [3.8, 4) is 0 Å². The first-order valence-electron chi connectivity index (χ1n) is 14.1. The first-order valence-corrected chi connectivity index (χ1v) is 14.1. The standard InChI is InChI=1S/C29H43N7O2/c1-21(2)32-28(37)35-16-14-34(15-17-35)26-8-11-31-36-20-23(18-27(26)36)25-7-6-24(19-30-25)29(38-5)9-12-33(13-10-29)22(3)4/h6-8,11,18,20-22,24H,9-10,12-17,19H2,1-5H3,(H,32,37). The van der Waals surface area contributed by atoms with E-state index in [2.05, 4.69) is 64.5 Å². The minimum Gasteiger partial charge on any atom is -0.377 e. The van der Waals surface area contributed by atoms with Gasteiger partial charge in [-0.3, -0.25) is 4.99 Å². The van der Waals surface area contributed by atoms with Crippen LogP contribution in [0.25, 0.3) is 5.52 Å². The van der Waals surface area contributed by atoms with Gasteiger partial charge in [-0.15, -0.1) is 0 Å². The van der Waals surface area contributed by atoms with Crippen LogP contribution in [0.5, 0.6) is 0 Å². The molecule has 2 aromatic rings. The van der Waals surface area contributed by atoms with Crippen LogP contribution in [0.3, 0.4) is 0 Å². The molecule has 0 saturated carbocycles. The fourth-order valence-corrected chi connectivity index (χ4v) is 6.09. The van der Waals surface area contributed by atoms with E-state index >= 15 is 0 Å². The van der Waals surface area contributed by atoms with Gasteiger partial charge < -0.3 is 24.8 Å². The predicted molar refractivity (Wildman–Crippen MR) is 152 cm³/mol. The summed E-state index contributed by atoms with van der Waals surface area (Å²) in [5, 5.41) is 7.57. The van der Waals surface area contributed by atoms with Crippen molar-refractivity contribution in [2.75, 3.05) is 57.8 Å². The number of hydrogen-bond acceptors (Lipinski definition) is 6. The Morgan fingerprint density at radius 1 is 1.11 bits per heavy atom.